The number of aromatic nitrogens is 2. The largest absolute Gasteiger partial charge is 0.368 e. The van der Waals surface area contributed by atoms with Gasteiger partial charge in [-0.05, 0) is 24.8 Å². The number of nitrogens with two attached hydrogens (primary N) is 1. The van der Waals surface area contributed by atoms with Gasteiger partial charge in [0.2, 0.25) is 5.95 Å². The van der Waals surface area contributed by atoms with Gasteiger partial charge in [0.1, 0.15) is 10.6 Å². The molecule has 2 aromatic heterocycles. The molecule has 1 unspecified atom stereocenters. The third-order valence-electron chi connectivity index (χ3n) is 2.91. The van der Waals surface area contributed by atoms with Crippen LogP contribution in [0, 0.1) is 0 Å². The number of hydrogen-bond donors (Lipinski definition) is 1. The molecule has 4 nitrogen and oxygen atoms in total. The third kappa shape index (κ3) is 1.82. The van der Waals surface area contributed by atoms with Gasteiger partial charge < -0.3 is 10.6 Å². The Morgan fingerprint density at radius 1 is 1.50 bits per heavy atom. The number of thiophene rings is 1. The standard InChI is InChI=1S/C11H16N4S/c1-4-7(2)15(3)9-8-5-6-16-10(8)14-11(12)13-9/h5-7H,4H2,1-3H3,(H2,12,13,14). The lowest BCUT2D eigenvalue weighted by Crippen LogP contribution is -2.29. The summed E-state index contributed by atoms with van der Waals surface area (Å²) in [6.45, 7) is 4.34. The molecule has 0 aliphatic carbocycles. The molecule has 0 saturated heterocycles. The lowest BCUT2D eigenvalue weighted by Gasteiger charge is -2.25. The molecular formula is C11H16N4S. The van der Waals surface area contributed by atoms with Gasteiger partial charge in [-0.1, -0.05) is 6.92 Å². The third-order valence-corrected chi connectivity index (χ3v) is 3.71. The maximum absolute atomic E-state index is 5.72. The fourth-order valence-electron chi connectivity index (χ4n) is 1.61. The van der Waals surface area contributed by atoms with Crippen LogP contribution >= 0.6 is 11.3 Å². The first-order valence-electron chi connectivity index (χ1n) is 5.37. The number of nitrogens with zero attached hydrogens (tertiary/aromatic N) is 3. The first kappa shape index (κ1) is 11.1. The highest BCUT2D eigenvalue weighted by Crippen LogP contribution is 2.28. The Bertz CT molecular complexity index is 494. The highest BCUT2D eigenvalue weighted by molar-refractivity contribution is 7.16. The van der Waals surface area contributed by atoms with E-state index < -0.39 is 0 Å². The van der Waals surface area contributed by atoms with Crippen molar-refractivity contribution in [3.63, 3.8) is 0 Å². The van der Waals surface area contributed by atoms with Gasteiger partial charge in [-0.3, -0.25) is 0 Å². The van der Waals surface area contributed by atoms with Gasteiger partial charge in [0.25, 0.3) is 0 Å². The SMILES string of the molecule is CCC(C)N(C)c1nc(N)nc2sccc12. The summed E-state index contributed by atoms with van der Waals surface area (Å²) in [5.41, 5.74) is 5.72. The summed E-state index contributed by atoms with van der Waals surface area (Å²) in [5.74, 6) is 1.28. The van der Waals surface area contributed by atoms with Crippen LogP contribution in [0.3, 0.4) is 0 Å². The lowest BCUT2D eigenvalue weighted by atomic mass is 10.2. The van der Waals surface area contributed by atoms with E-state index in [1.807, 2.05) is 18.5 Å². The predicted octanol–water partition coefficient (Wildman–Crippen LogP) is 2.51. The summed E-state index contributed by atoms with van der Waals surface area (Å²) in [7, 11) is 2.05. The van der Waals surface area contributed by atoms with E-state index in [-0.39, 0.29) is 0 Å². The Balaban J connectivity index is 2.53. The second-order valence-corrected chi connectivity index (χ2v) is 4.81. The fourth-order valence-corrected chi connectivity index (χ4v) is 2.37. The molecule has 0 amide bonds. The molecule has 2 heterocycles. The molecule has 0 aliphatic heterocycles. The van der Waals surface area contributed by atoms with Crippen molar-refractivity contribution in [1.82, 2.24) is 9.97 Å². The van der Waals surface area contributed by atoms with Crippen LogP contribution in [0.1, 0.15) is 20.3 Å². The lowest BCUT2D eigenvalue weighted by molar-refractivity contribution is 0.659. The quantitative estimate of drug-likeness (QED) is 0.889. The first-order chi connectivity index (χ1) is 7.63. The molecule has 0 saturated carbocycles. The minimum atomic E-state index is 0.347. The summed E-state index contributed by atoms with van der Waals surface area (Å²) in [6.07, 6.45) is 1.08. The van der Waals surface area contributed by atoms with Gasteiger partial charge in [-0.2, -0.15) is 4.98 Å². The van der Waals surface area contributed by atoms with E-state index in [1.165, 1.54) is 0 Å². The Morgan fingerprint density at radius 3 is 2.94 bits per heavy atom. The van der Waals surface area contributed by atoms with Gasteiger partial charge in [-0.15, -0.1) is 11.3 Å². The van der Waals surface area contributed by atoms with Crippen molar-refractivity contribution < 1.29 is 0 Å². The van der Waals surface area contributed by atoms with E-state index in [1.54, 1.807) is 11.3 Å². The van der Waals surface area contributed by atoms with Crippen molar-refractivity contribution in [2.45, 2.75) is 26.3 Å². The monoisotopic (exact) mass is 236 g/mol. The summed E-state index contributed by atoms with van der Waals surface area (Å²) < 4.78 is 0. The zero-order valence-electron chi connectivity index (χ0n) is 9.77. The van der Waals surface area contributed by atoms with Crippen LogP contribution in [0.15, 0.2) is 11.4 Å². The maximum atomic E-state index is 5.72. The molecule has 0 spiro atoms. The Hall–Kier alpha value is -1.36. The van der Waals surface area contributed by atoms with E-state index in [9.17, 15) is 0 Å². The summed E-state index contributed by atoms with van der Waals surface area (Å²) in [5, 5.41) is 3.11. The van der Waals surface area contributed by atoms with Crippen LogP contribution in [0.2, 0.25) is 0 Å². The molecule has 2 rings (SSSR count). The van der Waals surface area contributed by atoms with Gasteiger partial charge in [-0.25, -0.2) is 4.98 Å². The van der Waals surface area contributed by atoms with Crippen molar-refractivity contribution in [1.29, 1.82) is 0 Å². The Morgan fingerprint density at radius 2 is 2.25 bits per heavy atom. The van der Waals surface area contributed by atoms with Gasteiger partial charge >= 0.3 is 0 Å². The number of fused-ring (bicyclic) bond motifs is 1. The summed E-state index contributed by atoms with van der Waals surface area (Å²) in [6, 6.07) is 2.49. The van der Waals surface area contributed by atoms with Crippen LogP contribution in [0.4, 0.5) is 11.8 Å². The average Bonchev–Trinajstić information content (AvgIpc) is 2.73. The van der Waals surface area contributed by atoms with Crippen LogP contribution in [0.5, 0.6) is 0 Å². The average molecular weight is 236 g/mol. The second-order valence-electron chi connectivity index (χ2n) is 3.91. The van der Waals surface area contributed by atoms with Crippen molar-refractivity contribution in [3.05, 3.63) is 11.4 Å². The molecule has 0 aromatic carbocycles. The molecule has 2 N–H and O–H groups in total. The van der Waals surface area contributed by atoms with Crippen molar-refractivity contribution >= 4 is 33.3 Å². The Kier molecular flexibility index (Phi) is 2.96. The van der Waals surface area contributed by atoms with Gasteiger partial charge in [0.05, 0.1) is 5.39 Å². The van der Waals surface area contributed by atoms with Crippen LogP contribution in [0.25, 0.3) is 10.2 Å². The highest BCUT2D eigenvalue weighted by Gasteiger charge is 2.14. The maximum Gasteiger partial charge on any atom is 0.223 e. The van der Waals surface area contributed by atoms with Crippen molar-refractivity contribution in [2.75, 3.05) is 17.7 Å². The van der Waals surface area contributed by atoms with E-state index >= 15 is 0 Å². The molecule has 0 aliphatic rings. The normalized spacial score (nSPS) is 12.9. The number of hydrogen-bond acceptors (Lipinski definition) is 5. The summed E-state index contributed by atoms with van der Waals surface area (Å²) >= 11 is 1.59. The minimum Gasteiger partial charge on any atom is -0.368 e. The highest BCUT2D eigenvalue weighted by atomic mass is 32.1. The van der Waals surface area contributed by atoms with E-state index in [4.69, 9.17) is 5.73 Å². The smallest absolute Gasteiger partial charge is 0.223 e. The molecule has 86 valence electrons. The molecular weight excluding hydrogens is 220 g/mol. The van der Waals surface area contributed by atoms with Crippen molar-refractivity contribution in [2.24, 2.45) is 0 Å². The topological polar surface area (TPSA) is 55.0 Å². The molecule has 0 bridgehead atoms. The molecule has 2 aromatic rings. The van der Waals surface area contributed by atoms with Crippen LogP contribution in [-0.4, -0.2) is 23.1 Å². The van der Waals surface area contributed by atoms with E-state index in [0.717, 1.165) is 22.5 Å². The first-order valence-corrected chi connectivity index (χ1v) is 6.25. The van der Waals surface area contributed by atoms with Crippen LogP contribution in [-0.2, 0) is 0 Å². The van der Waals surface area contributed by atoms with Crippen molar-refractivity contribution in [3.8, 4) is 0 Å². The fraction of sp³-hybridized carbons (Fsp3) is 0.455. The number of rotatable bonds is 3. The van der Waals surface area contributed by atoms with Crippen LogP contribution < -0.4 is 10.6 Å². The molecule has 0 fully saturated rings. The molecule has 5 heteroatoms. The number of anilines is 2. The molecule has 16 heavy (non-hydrogen) atoms. The predicted molar refractivity (Wildman–Crippen MR) is 70.0 cm³/mol. The second kappa shape index (κ2) is 4.25. The van der Waals surface area contributed by atoms with E-state index in [0.29, 0.717) is 12.0 Å². The van der Waals surface area contributed by atoms with E-state index in [2.05, 4.69) is 28.7 Å². The van der Waals surface area contributed by atoms with Gasteiger partial charge in [0.15, 0.2) is 0 Å². The van der Waals surface area contributed by atoms with Gasteiger partial charge in [0, 0.05) is 13.1 Å². The number of nitrogen functional groups attached to an aromatic ring is 1. The zero-order valence-corrected chi connectivity index (χ0v) is 10.6. The molecule has 1 atom stereocenters. The molecule has 0 radical (unpaired) electrons. The zero-order chi connectivity index (χ0) is 11.7. The summed E-state index contributed by atoms with van der Waals surface area (Å²) in [4.78, 5) is 11.7. The Labute approximate surface area is 99.1 Å². The minimum absolute atomic E-state index is 0.347.